The maximum absolute atomic E-state index is 12.8. The van der Waals surface area contributed by atoms with Gasteiger partial charge < -0.3 is 9.64 Å². The van der Waals surface area contributed by atoms with E-state index >= 15 is 0 Å². The fourth-order valence-electron chi connectivity index (χ4n) is 2.34. The summed E-state index contributed by atoms with van der Waals surface area (Å²) in [4.78, 5) is 14.7. The number of nitrogens with zero attached hydrogens (tertiary/aromatic N) is 1. The third-order valence-corrected chi connectivity index (χ3v) is 3.56. The summed E-state index contributed by atoms with van der Waals surface area (Å²) >= 11 is 0. The number of benzene rings is 2. The molecule has 0 aromatic heterocycles. The van der Waals surface area contributed by atoms with Gasteiger partial charge in [-0.25, -0.2) is 0 Å². The summed E-state index contributed by atoms with van der Waals surface area (Å²) in [7, 11) is 1.67. The van der Waals surface area contributed by atoms with Crippen LogP contribution in [0.2, 0.25) is 0 Å². The quantitative estimate of drug-likeness (QED) is 0.763. The number of methoxy groups -OCH3 is 1. The molecule has 22 heavy (non-hydrogen) atoms. The third kappa shape index (κ3) is 4.18. The van der Waals surface area contributed by atoms with Gasteiger partial charge in [0, 0.05) is 24.9 Å². The van der Waals surface area contributed by atoms with Crippen LogP contribution in [0.15, 0.2) is 54.6 Å². The first-order chi connectivity index (χ1) is 10.8. The highest BCUT2D eigenvalue weighted by Gasteiger charge is 2.16. The van der Waals surface area contributed by atoms with Crippen LogP contribution >= 0.6 is 0 Å². The normalized spacial score (nSPS) is 10.5. The van der Waals surface area contributed by atoms with E-state index < -0.39 is 0 Å². The molecule has 0 spiro atoms. The first-order valence-electron chi connectivity index (χ1n) is 7.71. The number of unbranched alkanes of at least 4 members (excludes halogenated alkanes) is 1. The Morgan fingerprint density at radius 3 is 2.32 bits per heavy atom. The van der Waals surface area contributed by atoms with Crippen LogP contribution < -0.4 is 4.90 Å². The highest BCUT2D eigenvalue weighted by Crippen LogP contribution is 2.18. The summed E-state index contributed by atoms with van der Waals surface area (Å²) in [6.07, 6.45) is 2.05. The Hall–Kier alpha value is -2.13. The van der Waals surface area contributed by atoms with Gasteiger partial charge in [0.05, 0.1) is 6.61 Å². The van der Waals surface area contributed by atoms with Crippen molar-refractivity contribution < 1.29 is 9.53 Å². The predicted molar refractivity (Wildman–Crippen MR) is 90.2 cm³/mol. The summed E-state index contributed by atoms with van der Waals surface area (Å²) < 4.78 is 5.10. The molecule has 0 atom stereocenters. The number of carbonyl (C=O) groups excluding carboxylic acids is 1. The minimum Gasteiger partial charge on any atom is -0.380 e. The molecule has 0 unspecified atom stereocenters. The topological polar surface area (TPSA) is 29.5 Å². The van der Waals surface area contributed by atoms with E-state index in [0.29, 0.717) is 12.2 Å². The van der Waals surface area contributed by atoms with Gasteiger partial charge in [-0.3, -0.25) is 4.79 Å². The van der Waals surface area contributed by atoms with E-state index in [-0.39, 0.29) is 5.91 Å². The van der Waals surface area contributed by atoms with Gasteiger partial charge in [-0.15, -0.1) is 0 Å². The van der Waals surface area contributed by atoms with E-state index in [2.05, 4.69) is 6.92 Å². The number of rotatable bonds is 7. The second-order valence-electron chi connectivity index (χ2n) is 5.28. The zero-order valence-electron chi connectivity index (χ0n) is 13.3. The molecule has 0 aliphatic carbocycles. The standard InChI is InChI=1S/C19H23NO2/c1-3-4-14-20(18-8-6-5-7-9-18)19(21)17-12-10-16(11-13-17)15-22-2/h5-13H,3-4,14-15H2,1-2H3. The zero-order chi connectivity index (χ0) is 15.8. The minimum absolute atomic E-state index is 0.0450. The van der Waals surface area contributed by atoms with Crippen molar-refractivity contribution in [1.29, 1.82) is 0 Å². The number of anilines is 1. The average molecular weight is 297 g/mol. The maximum atomic E-state index is 12.8. The van der Waals surface area contributed by atoms with Crippen molar-refractivity contribution in [3.05, 3.63) is 65.7 Å². The molecule has 2 aromatic carbocycles. The Balaban J connectivity index is 2.21. The van der Waals surface area contributed by atoms with Crippen molar-refractivity contribution in [1.82, 2.24) is 0 Å². The molecule has 0 N–H and O–H groups in total. The van der Waals surface area contributed by atoms with Crippen molar-refractivity contribution in [2.75, 3.05) is 18.6 Å². The second kappa shape index (κ2) is 8.35. The highest BCUT2D eigenvalue weighted by atomic mass is 16.5. The lowest BCUT2D eigenvalue weighted by Crippen LogP contribution is -2.31. The van der Waals surface area contributed by atoms with Crippen molar-refractivity contribution >= 4 is 11.6 Å². The predicted octanol–water partition coefficient (Wildman–Crippen LogP) is 4.28. The monoisotopic (exact) mass is 297 g/mol. The van der Waals surface area contributed by atoms with Gasteiger partial charge >= 0.3 is 0 Å². The Bertz CT molecular complexity index is 578. The van der Waals surface area contributed by atoms with Gasteiger partial charge in [0.25, 0.3) is 5.91 Å². The highest BCUT2D eigenvalue weighted by molar-refractivity contribution is 6.06. The van der Waals surface area contributed by atoms with Crippen LogP contribution in [0.25, 0.3) is 0 Å². The van der Waals surface area contributed by atoms with Crippen LogP contribution in [0, 0.1) is 0 Å². The van der Waals surface area contributed by atoms with Crippen LogP contribution in [0.3, 0.4) is 0 Å². The number of para-hydroxylation sites is 1. The van der Waals surface area contributed by atoms with Crippen LogP contribution in [0.5, 0.6) is 0 Å². The molecular formula is C19H23NO2. The van der Waals surface area contributed by atoms with E-state index in [1.165, 1.54) is 0 Å². The molecule has 2 aromatic rings. The minimum atomic E-state index is 0.0450. The first-order valence-corrected chi connectivity index (χ1v) is 7.71. The summed E-state index contributed by atoms with van der Waals surface area (Å²) in [6.45, 7) is 3.43. The molecule has 0 aliphatic heterocycles. The lowest BCUT2D eigenvalue weighted by Gasteiger charge is -2.23. The van der Waals surface area contributed by atoms with E-state index in [1.54, 1.807) is 7.11 Å². The van der Waals surface area contributed by atoms with Gasteiger partial charge in [0.2, 0.25) is 0 Å². The molecule has 3 heteroatoms. The largest absolute Gasteiger partial charge is 0.380 e. The van der Waals surface area contributed by atoms with Gasteiger partial charge in [0.15, 0.2) is 0 Å². The maximum Gasteiger partial charge on any atom is 0.258 e. The molecule has 0 saturated heterocycles. The Labute approximate surface area is 132 Å². The molecule has 2 rings (SSSR count). The van der Waals surface area contributed by atoms with Crippen LogP contribution in [0.4, 0.5) is 5.69 Å². The van der Waals surface area contributed by atoms with Gasteiger partial charge in [-0.2, -0.15) is 0 Å². The van der Waals surface area contributed by atoms with Crippen molar-refractivity contribution in [3.8, 4) is 0 Å². The molecule has 0 saturated carbocycles. The van der Waals surface area contributed by atoms with E-state index in [9.17, 15) is 4.79 Å². The van der Waals surface area contributed by atoms with Crippen molar-refractivity contribution in [3.63, 3.8) is 0 Å². The molecule has 3 nitrogen and oxygen atoms in total. The molecule has 0 aliphatic rings. The Morgan fingerprint density at radius 2 is 1.73 bits per heavy atom. The average Bonchev–Trinajstić information content (AvgIpc) is 2.57. The third-order valence-electron chi connectivity index (χ3n) is 3.56. The summed E-state index contributed by atoms with van der Waals surface area (Å²) in [5, 5.41) is 0. The lowest BCUT2D eigenvalue weighted by molar-refractivity contribution is 0.0986. The smallest absolute Gasteiger partial charge is 0.258 e. The number of carbonyl (C=O) groups is 1. The molecule has 116 valence electrons. The van der Waals surface area contributed by atoms with Crippen LogP contribution in [0.1, 0.15) is 35.7 Å². The SMILES string of the molecule is CCCCN(C(=O)c1ccc(COC)cc1)c1ccccc1. The fourth-order valence-corrected chi connectivity index (χ4v) is 2.34. The molecule has 0 fully saturated rings. The first kappa shape index (κ1) is 16.2. The number of ether oxygens (including phenoxy) is 1. The number of amides is 1. The van der Waals surface area contributed by atoms with Gasteiger partial charge in [-0.1, -0.05) is 43.7 Å². The lowest BCUT2D eigenvalue weighted by atomic mass is 10.1. The van der Waals surface area contributed by atoms with Crippen LogP contribution in [-0.4, -0.2) is 19.6 Å². The van der Waals surface area contributed by atoms with E-state index in [1.807, 2.05) is 59.5 Å². The van der Waals surface area contributed by atoms with Crippen molar-refractivity contribution in [2.45, 2.75) is 26.4 Å². The van der Waals surface area contributed by atoms with Gasteiger partial charge in [-0.05, 0) is 36.2 Å². The Kier molecular flexibility index (Phi) is 6.16. The number of hydrogen-bond donors (Lipinski definition) is 0. The molecule has 0 radical (unpaired) electrons. The summed E-state index contributed by atoms with van der Waals surface area (Å²) in [5.74, 6) is 0.0450. The molecule has 1 amide bonds. The molecule has 0 bridgehead atoms. The zero-order valence-corrected chi connectivity index (χ0v) is 13.3. The summed E-state index contributed by atoms with van der Waals surface area (Å²) in [6, 6.07) is 17.5. The van der Waals surface area contributed by atoms with E-state index in [4.69, 9.17) is 4.74 Å². The Morgan fingerprint density at radius 1 is 1.05 bits per heavy atom. The van der Waals surface area contributed by atoms with Gasteiger partial charge in [0.1, 0.15) is 0 Å². The second-order valence-corrected chi connectivity index (χ2v) is 5.28. The molecule has 0 heterocycles. The van der Waals surface area contributed by atoms with Crippen molar-refractivity contribution in [2.24, 2.45) is 0 Å². The summed E-state index contributed by atoms with van der Waals surface area (Å²) in [5.41, 5.74) is 2.72. The number of hydrogen-bond acceptors (Lipinski definition) is 2. The van der Waals surface area contributed by atoms with Crippen LogP contribution in [-0.2, 0) is 11.3 Å². The van der Waals surface area contributed by atoms with E-state index in [0.717, 1.165) is 30.6 Å². The fraction of sp³-hybridized carbons (Fsp3) is 0.316. The molecular weight excluding hydrogens is 274 g/mol.